The fourth-order valence-corrected chi connectivity index (χ4v) is 3.32. The van der Waals surface area contributed by atoms with Gasteiger partial charge in [0.05, 0.1) is 0 Å². The fourth-order valence-electron chi connectivity index (χ4n) is 3.32. The first-order valence-electron chi connectivity index (χ1n) is 7.23. The normalized spacial score (nSPS) is 36.8. The molecule has 2 nitrogen and oxygen atoms in total. The van der Waals surface area contributed by atoms with Crippen molar-refractivity contribution in [1.82, 2.24) is 10.2 Å². The molecule has 0 bridgehead atoms. The number of hydrogen-bond donors (Lipinski definition) is 1. The first kappa shape index (κ1) is 12.4. The number of hydrogen-bond acceptors (Lipinski definition) is 2. The molecule has 1 aliphatic heterocycles. The van der Waals surface area contributed by atoms with Crippen LogP contribution in [0.3, 0.4) is 0 Å². The molecule has 3 atom stereocenters. The summed E-state index contributed by atoms with van der Waals surface area (Å²) in [6.07, 6.45) is 7.11. The van der Waals surface area contributed by atoms with E-state index in [2.05, 4.69) is 24.1 Å². The summed E-state index contributed by atoms with van der Waals surface area (Å²) in [6.45, 7) is 9.82. The van der Waals surface area contributed by atoms with Crippen molar-refractivity contribution in [3.8, 4) is 0 Å². The zero-order valence-electron chi connectivity index (χ0n) is 11.0. The van der Waals surface area contributed by atoms with Crippen molar-refractivity contribution in [3.05, 3.63) is 0 Å². The highest BCUT2D eigenvalue weighted by atomic mass is 15.1. The van der Waals surface area contributed by atoms with E-state index in [1.807, 2.05) is 0 Å². The molecule has 1 heterocycles. The van der Waals surface area contributed by atoms with E-state index in [1.165, 1.54) is 58.3 Å². The van der Waals surface area contributed by atoms with Crippen LogP contribution in [-0.4, -0.2) is 37.1 Å². The second kappa shape index (κ2) is 6.02. The Kier molecular flexibility index (Phi) is 4.66. The molecular weight excluding hydrogens is 196 g/mol. The molecule has 0 aromatic heterocycles. The van der Waals surface area contributed by atoms with E-state index in [9.17, 15) is 0 Å². The van der Waals surface area contributed by atoms with Crippen LogP contribution in [-0.2, 0) is 0 Å². The van der Waals surface area contributed by atoms with Gasteiger partial charge in [0, 0.05) is 12.6 Å². The van der Waals surface area contributed by atoms with E-state index < -0.39 is 0 Å². The molecule has 3 unspecified atom stereocenters. The first-order valence-corrected chi connectivity index (χ1v) is 7.23. The lowest BCUT2D eigenvalue weighted by molar-refractivity contribution is 0.284. The van der Waals surface area contributed by atoms with Crippen molar-refractivity contribution in [1.29, 1.82) is 0 Å². The minimum absolute atomic E-state index is 0.819. The molecule has 0 radical (unpaired) electrons. The van der Waals surface area contributed by atoms with Gasteiger partial charge in [0.2, 0.25) is 0 Å². The van der Waals surface area contributed by atoms with Gasteiger partial charge < -0.3 is 10.2 Å². The van der Waals surface area contributed by atoms with Gasteiger partial charge in [-0.05, 0) is 50.7 Å². The summed E-state index contributed by atoms with van der Waals surface area (Å²) >= 11 is 0. The van der Waals surface area contributed by atoms with Crippen molar-refractivity contribution in [3.63, 3.8) is 0 Å². The van der Waals surface area contributed by atoms with Crippen LogP contribution in [0.2, 0.25) is 0 Å². The minimum Gasteiger partial charge on any atom is -0.314 e. The zero-order chi connectivity index (χ0) is 11.4. The molecule has 0 spiro atoms. The molecular formula is C14H28N2. The topological polar surface area (TPSA) is 15.3 Å². The third kappa shape index (κ3) is 3.46. The summed E-state index contributed by atoms with van der Waals surface area (Å²) in [4.78, 5) is 2.58. The second-order valence-corrected chi connectivity index (χ2v) is 5.92. The van der Waals surface area contributed by atoms with E-state index in [0.29, 0.717) is 0 Å². The SMILES string of the molecule is CCN1CCC(CNC2CCCC(C)C2)C1. The molecule has 16 heavy (non-hydrogen) atoms. The van der Waals surface area contributed by atoms with Crippen LogP contribution in [0.15, 0.2) is 0 Å². The van der Waals surface area contributed by atoms with Gasteiger partial charge >= 0.3 is 0 Å². The van der Waals surface area contributed by atoms with Crippen LogP contribution >= 0.6 is 0 Å². The van der Waals surface area contributed by atoms with E-state index in [1.54, 1.807) is 0 Å². The minimum atomic E-state index is 0.819. The predicted molar refractivity (Wildman–Crippen MR) is 69.6 cm³/mol. The van der Waals surface area contributed by atoms with Gasteiger partial charge in [0.1, 0.15) is 0 Å². The molecule has 2 fully saturated rings. The van der Waals surface area contributed by atoms with Gasteiger partial charge in [-0.15, -0.1) is 0 Å². The Labute approximate surface area is 101 Å². The smallest absolute Gasteiger partial charge is 0.00697 e. The van der Waals surface area contributed by atoms with Crippen LogP contribution in [0.4, 0.5) is 0 Å². The van der Waals surface area contributed by atoms with Crippen molar-refractivity contribution in [2.24, 2.45) is 11.8 Å². The third-order valence-electron chi connectivity index (χ3n) is 4.45. The lowest BCUT2D eigenvalue weighted by Gasteiger charge is -2.28. The highest BCUT2D eigenvalue weighted by molar-refractivity contribution is 4.80. The van der Waals surface area contributed by atoms with Gasteiger partial charge in [-0.25, -0.2) is 0 Å². The summed E-state index contributed by atoms with van der Waals surface area (Å²) in [5, 5.41) is 3.81. The second-order valence-electron chi connectivity index (χ2n) is 5.92. The van der Waals surface area contributed by atoms with Crippen molar-refractivity contribution < 1.29 is 0 Å². The van der Waals surface area contributed by atoms with Gasteiger partial charge in [-0.1, -0.05) is 26.7 Å². The molecule has 1 N–H and O–H groups in total. The Balaban J connectivity index is 1.64. The Bertz CT molecular complexity index is 205. The molecule has 0 aromatic rings. The summed E-state index contributed by atoms with van der Waals surface area (Å²) < 4.78 is 0. The van der Waals surface area contributed by atoms with Gasteiger partial charge in [0.25, 0.3) is 0 Å². The van der Waals surface area contributed by atoms with E-state index in [4.69, 9.17) is 0 Å². The molecule has 2 rings (SSSR count). The molecule has 0 amide bonds. The average molecular weight is 224 g/mol. The quantitative estimate of drug-likeness (QED) is 0.789. The third-order valence-corrected chi connectivity index (χ3v) is 4.45. The van der Waals surface area contributed by atoms with E-state index in [-0.39, 0.29) is 0 Å². The van der Waals surface area contributed by atoms with Gasteiger partial charge in [-0.3, -0.25) is 0 Å². The molecule has 0 aromatic carbocycles. The molecule has 1 saturated heterocycles. The lowest BCUT2D eigenvalue weighted by Crippen LogP contribution is -2.37. The largest absolute Gasteiger partial charge is 0.314 e. The highest BCUT2D eigenvalue weighted by Gasteiger charge is 2.23. The summed E-state index contributed by atoms with van der Waals surface area (Å²) in [5.41, 5.74) is 0. The van der Waals surface area contributed by atoms with Crippen molar-refractivity contribution in [2.75, 3.05) is 26.2 Å². The number of nitrogens with zero attached hydrogens (tertiary/aromatic N) is 1. The summed E-state index contributed by atoms with van der Waals surface area (Å²) in [7, 11) is 0. The van der Waals surface area contributed by atoms with E-state index in [0.717, 1.165) is 17.9 Å². The molecule has 1 saturated carbocycles. The van der Waals surface area contributed by atoms with Crippen LogP contribution in [0.25, 0.3) is 0 Å². The first-order chi connectivity index (χ1) is 7.78. The van der Waals surface area contributed by atoms with E-state index >= 15 is 0 Å². The standard InChI is InChI=1S/C14H28N2/c1-3-16-8-7-13(11-16)10-15-14-6-4-5-12(2)9-14/h12-15H,3-11H2,1-2H3. The Morgan fingerprint density at radius 2 is 2.12 bits per heavy atom. The Morgan fingerprint density at radius 1 is 1.25 bits per heavy atom. The lowest BCUT2D eigenvalue weighted by atomic mass is 9.87. The van der Waals surface area contributed by atoms with Crippen LogP contribution in [0.5, 0.6) is 0 Å². The molecule has 2 aliphatic rings. The van der Waals surface area contributed by atoms with Crippen molar-refractivity contribution >= 4 is 0 Å². The maximum Gasteiger partial charge on any atom is 0.00697 e. The zero-order valence-corrected chi connectivity index (χ0v) is 11.0. The number of rotatable bonds is 4. The number of likely N-dealkylation sites (tertiary alicyclic amines) is 1. The molecule has 1 aliphatic carbocycles. The monoisotopic (exact) mass is 224 g/mol. The average Bonchev–Trinajstić information content (AvgIpc) is 2.74. The maximum atomic E-state index is 3.81. The van der Waals surface area contributed by atoms with Gasteiger partial charge in [0.15, 0.2) is 0 Å². The predicted octanol–water partition coefficient (Wildman–Crippen LogP) is 2.50. The van der Waals surface area contributed by atoms with Crippen LogP contribution in [0.1, 0.15) is 46.0 Å². The van der Waals surface area contributed by atoms with Crippen LogP contribution in [0, 0.1) is 11.8 Å². The Morgan fingerprint density at radius 3 is 2.81 bits per heavy atom. The highest BCUT2D eigenvalue weighted by Crippen LogP contribution is 2.24. The van der Waals surface area contributed by atoms with Gasteiger partial charge in [-0.2, -0.15) is 0 Å². The molecule has 94 valence electrons. The maximum absolute atomic E-state index is 3.81. The van der Waals surface area contributed by atoms with Crippen LogP contribution < -0.4 is 5.32 Å². The van der Waals surface area contributed by atoms with Crippen molar-refractivity contribution in [2.45, 2.75) is 52.0 Å². The fraction of sp³-hybridized carbons (Fsp3) is 1.00. The summed E-state index contributed by atoms with van der Waals surface area (Å²) in [6, 6.07) is 0.819. The number of nitrogens with one attached hydrogen (secondary N) is 1. The Hall–Kier alpha value is -0.0800. The molecule has 2 heteroatoms. The summed E-state index contributed by atoms with van der Waals surface area (Å²) in [5.74, 6) is 1.86.